The first-order valence-corrected chi connectivity index (χ1v) is 7.44. The van der Waals surface area contributed by atoms with Gasteiger partial charge in [-0.2, -0.15) is 0 Å². The maximum absolute atomic E-state index is 12.3. The number of nitrogens with zero attached hydrogens (tertiary/aromatic N) is 2. The smallest absolute Gasteiger partial charge is 0.271 e. The lowest BCUT2D eigenvalue weighted by Crippen LogP contribution is -2.40. The second-order valence-corrected chi connectivity index (χ2v) is 5.99. The van der Waals surface area contributed by atoms with Crippen LogP contribution in [0, 0.1) is 5.92 Å². The van der Waals surface area contributed by atoms with Gasteiger partial charge in [-0.3, -0.25) is 4.79 Å². The van der Waals surface area contributed by atoms with Gasteiger partial charge in [-0.05, 0) is 25.3 Å². The third-order valence-electron chi connectivity index (χ3n) is 3.77. The van der Waals surface area contributed by atoms with Gasteiger partial charge in [0.05, 0.1) is 11.2 Å². The van der Waals surface area contributed by atoms with Crippen LogP contribution in [0.1, 0.15) is 55.3 Å². The van der Waals surface area contributed by atoms with Crippen molar-refractivity contribution in [1.29, 1.82) is 0 Å². The summed E-state index contributed by atoms with van der Waals surface area (Å²) in [7, 11) is 0. The quantitative estimate of drug-likeness (QED) is 0.891. The van der Waals surface area contributed by atoms with Gasteiger partial charge in [0.15, 0.2) is 0 Å². The van der Waals surface area contributed by atoms with Crippen LogP contribution in [0.4, 0.5) is 0 Å². The highest BCUT2D eigenvalue weighted by molar-refractivity contribution is 6.33. The van der Waals surface area contributed by atoms with Crippen molar-refractivity contribution in [2.24, 2.45) is 11.7 Å². The molecule has 110 valence electrons. The molecule has 0 aromatic carbocycles. The van der Waals surface area contributed by atoms with Crippen molar-refractivity contribution in [2.75, 3.05) is 6.54 Å². The van der Waals surface area contributed by atoms with Gasteiger partial charge in [-0.15, -0.1) is 0 Å². The lowest BCUT2D eigenvalue weighted by atomic mass is 10.0. The van der Waals surface area contributed by atoms with Crippen LogP contribution in [0.5, 0.6) is 0 Å². The third-order valence-corrected chi connectivity index (χ3v) is 4.05. The molecule has 0 saturated heterocycles. The molecule has 0 radical (unpaired) electrons. The summed E-state index contributed by atoms with van der Waals surface area (Å²) in [5, 5.41) is 3.30. The van der Waals surface area contributed by atoms with E-state index in [0.717, 1.165) is 19.3 Å². The Morgan fingerprint density at radius 3 is 2.95 bits per heavy atom. The van der Waals surface area contributed by atoms with E-state index in [2.05, 4.69) is 15.3 Å². The van der Waals surface area contributed by atoms with Crippen molar-refractivity contribution in [3.63, 3.8) is 0 Å². The van der Waals surface area contributed by atoms with Gasteiger partial charge in [0.25, 0.3) is 5.91 Å². The number of aromatic nitrogens is 2. The zero-order valence-corrected chi connectivity index (χ0v) is 12.7. The molecular weight excluding hydrogens is 276 g/mol. The van der Waals surface area contributed by atoms with Crippen LogP contribution in [0.15, 0.2) is 6.20 Å². The maximum atomic E-state index is 12.3. The molecule has 5 nitrogen and oxygen atoms in total. The Kier molecular flexibility index (Phi) is 4.94. The van der Waals surface area contributed by atoms with E-state index < -0.39 is 0 Å². The number of nitrogens with two attached hydrogens (primary N) is 1. The molecule has 1 aromatic heterocycles. The minimum atomic E-state index is -0.232. The summed E-state index contributed by atoms with van der Waals surface area (Å²) in [6.45, 7) is 4.55. The number of hydrogen-bond donors (Lipinski definition) is 2. The van der Waals surface area contributed by atoms with Gasteiger partial charge >= 0.3 is 0 Å². The number of amides is 1. The molecule has 1 aliphatic carbocycles. The molecule has 0 bridgehead atoms. The first-order chi connectivity index (χ1) is 9.52. The lowest BCUT2D eigenvalue weighted by Gasteiger charge is -2.19. The SMILES string of the molecule is CC(C)c1ncc(Cl)c(C(=O)NC2CCCC2CN)n1. The Balaban J connectivity index is 2.14. The molecule has 1 saturated carbocycles. The fourth-order valence-electron chi connectivity index (χ4n) is 2.56. The summed E-state index contributed by atoms with van der Waals surface area (Å²) in [6.07, 6.45) is 4.62. The zero-order chi connectivity index (χ0) is 14.7. The highest BCUT2D eigenvalue weighted by Crippen LogP contribution is 2.25. The van der Waals surface area contributed by atoms with Crippen LogP contribution in [0.3, 0.4) is 0 Å². The predicted molar refractivity (Wildman–Crippen MR) is 78.8 cm³/mol. The summed E-state index contributed by atoms with van der Waals surface area (Å²) in [6, 6.07) is 0.126. The topological polar surface area (TPSA) is 80.9 Å². The van der Waals surface area contributed by atoms with Crippen molar-refractivity contribution in [2.45, 2.75) is 45.1 Å². The Labute approximate surface area is 124 Å². The Morgan fingerprint density at radius 2 is 2.30 bits per heavy atom. The summed E-state index contributed by atoms with van der Waals surface area (Å²) in [4.78, 5) is 20.8. The van der Waals surface area contributed by atoms with Crippen LogP contribution in [0.2, 0.25) is 5.02 Å². The van der Waals surface area contributed by atoms with Crippen molar-refractivity contribution in [1.82, 2.24) is 15.3 Å². The molecule has 20 heavy (non-hydrogen) atoms. The van der Waals surface area contributed by atoms with Gasteiger partial charge in [-0.1, -0.05) is 31.9 Å². The Hall–Kier alpha value is -1.20. The van der Waals surface area contributed by atoms with Crippen molar-refractivity contribution >= 4 is 17.5 Å². The van der Waals surface area contributed by atoms with E-state index in [-0.39, 0.29) is 28.6 Å². The number of rotatable bonds is 4. The molecule has 2 unspecified atom stereocenters. The van der Waals surface area contributed by atoms with E-state index in [4.69, 9.17) is 17.3 Å². The van der Waals surface area contributed by atoms with E-state index in [1.54, 1.807) is 0 Å². The highest BCUT2D eigenvalue weighted by Gasteiger charge is 2.28. The zero-order valence-electron chi connectivity index (χ0n) is 11.9. The normalized spacial score (nSPS) is 22.2. The third kappa shape index (κ3) is 3.27. The van der Waals surface area contributed by atoms with Gasteiger partial charge < -0.3 is 11.1 Å². The molecule has 6 heteroatoms. The summed E-state index contributed by atoms with van der Waals surface area (Å²) < 4.78 is 0. The number of halogens is 1. The van der Waals surface area contributed by atoms with Gasteiger partial charge in [0.1, 0.15) is 11.5 Å². The first-order valence-electron chi connectivity index (χ1n) is 7.06. The molecule has 3 N–H and O–H groups in total. The minimum absolute atomic E-state index is 0.126. The summed E-state index contributed by atoms with van der Waals surface area (Å²) in [5.41, 5.74) is 5.99. The fourth-order valence-corrected chi connectivity index (χ4v) is 2.74. The van der Waals surface area contributed by atoms with Crippen LogP contribution >= 0.6 is 11.6 Å². The fraction of sp³-hybridized carbons (Fsp3) is 0.643. The molecule has 2 rings (SSSR count). The van der Waals surface area contributed by atoms with Crippen molar-refractivity contribution in [3.8, 4) is 0 Å². The van der Waals surface area contributed by atoms with Gasteiger partial charge in [-0.25, -0.2) is 9.97 Å². The number of carbonyl (C=O) groups is 1. The maximum Gasteiger partial charge on any atom is 0.271 e. The lowest BCUT2D eigenvalue weighted by molar-refractivity contribution is 0.0923. The van der Waals surface area contributed by atoms with Gasteiger partial charge in [0.2, 0.25) is 0 Å². The predicted octanol–water partition coefficient (Wildman–Crippen LogP) is 2.11. The van der Waals surface area contributed by atoms with E-state index >= 15 is 0 Å². The monoisotopic (exact) mass is 296 g/mol. The summed E-state index contributed by atoms with van der Waals surface area (Å²) >= 11 is 6.04. The molecule has 1 amide bonds. The molecule has 1 heterocycles. The molecule has 2 atom stereocenters. The second kappa shape index (κ2) is 6.50. The average Bonchev–Trinajstić information content (AvgIpc) is 2.86. The second-order valence-electron chi connectivity index (χ2n) is 5.59. The van der Waals surface area contributed by atoms with Crippen LogP contribution in [-0.4, -0.2) is 28.5 Å². The Morgan fingerprint density at radius 1 is 1.55 bits per heavy atom. The van der Waals surface area contributed by atoms with Gasteiger partial charge in [0, 0.05) is 12.0 Å². The van der Waals surface area contributed by atoms with Crippen LogP contribution < -0.4 is 11.1 Å². The number of hydrogen-bond acceptors (Lipinski definition) is 4. The molecule has 0 spiro atoms. The molecule has 0 aliphatic heterocycles. The van der Waals surface area contributed by atoms with Crippen molar-refractivity contribution < 1.29 is 4.79 Å². The molecule has 1 aromatic rings. The largest absolute Gasteiger partial charge is 0.348 e. The van der Waals surface area contributed by atoms with E-state index in [1.807, 2.05) is 13.8 Å². The Bertz CT molecular complexity index is 492. The van der Waals surface area contributed by atoms with Crippen LogP contribution in [-0.2, 0) is 0 Å². The molecule has 1 fully saturated rings. The number of nitrogens with one attached hydrogen (secondary N) is 1. The number of carbonyl (C=O) groups excluding carboxylic acids is 1. The standard InChI is InChI=1S/C14H21ClN4O/c1-8(2)13-17-7-10(15)12(19-13)14(20)18-11-5-3-4-9(11)6-16/h7-9,11H,3-6,16H2,1-2H3,(H,18,20). The molecule has 1 aliphatic rings. The van der Waals surface area contributed by atoms with Crippen molar-refractivity contribution in [3.05, 3.63) is 22.7 Å². The van der Waals surface area contributed by atoms with E-state index in [9.17, 15) is 4.79 Å². The van der Waals surface area contributed by atoms with Crippen LogP contribution in [0.25, 0.3) is 0 Å². The minimum Gasteiger partial charge on any atom is -0.348 e. The highest BCUT2D eigenvalue weighted by atomic mass is 35.5. The first kappa shape index (κ1) is 15.2. The summed E-state index contributed by atoms with van der Waals surface area (Å²) in [5.74, 6) is 0.900. The molecular formula is C14H21ClN4O. The van der Waals surface area contributed by atoms with E-state index in [1.165, 1.54) is 6.20 Å². The van der Waals surface area contributed by atoms with E-state index in [0.29, 0.717) is 18.3 Å². The average molecular weight is 297 g/mol.